The summed E-state index contributed by atoms with van der Waals surface area (Å²) in [4.78, 5) is 11.3. The van der Waals surface area contributed by atoms with E-state index < -0.39 is 11.4 Å². The van der Waals surface area contributed by atoms with Crippen molar-refractivity contribution in [1.29, 1.82) is 0 Å². The standard InChI is InChI=1S/C13H24O2/c1-4-7-9-11-13(6-3,12(14)15)10-8-5-2/h4H,1,5-11H2,2-3H3,(H,14,15). The lowest BCUT2D eigenvalue weighted by atomic mass is 9.76. The zero-order valence-corrected chi connectivity index (χ0v) is 10.1. The van der Waals surface area contributed by atoms with Crippen LogP contribution in [0.25, 0.3) is 0 Å². The summed E-state index contributed by atoms with van der Waals surface area (Å²) in [6.45, 7) is 7.75. The second-order valence-electron chi connectivity index (χ2n) is 4.22. The number of hydrogen-bond acceptors (Lipinski definition) is 1. The van der Waals surface area contributed by atoms with E-state index in [-0.39, 0.29) is 0 Å². The van der Waals surface area contributed by atoms with Gasteiger partial charge in [-0.2, -0.15) is 0 Å². The molecule has 0 saturated heterocycles. The molecule has 0 aromatic heterocycles. The minimum absolute atomic E-state index is 0.487. The van der Waals surface area contributed by atoms with Gasteiger partial charge in [-0.3, -0.25) is 4.79 Å². The Morgan fingerprint density at radius 3 is 2.33 bits per heavy atom. The van der Waals surface area contributed by atoms with Gasteiger partial charge < -0.3 is 5.11 Å². The van der Waals surface area contributed by atoms with E-state index in [1.54, 1.807) is 0 Å². The van der Waals surface area contributed by atoms with Gasteiger partial charge in [0.2, 0.25) is 0 Å². The summed E-state index contributed by atoms with van der Waals surface area (Å²) in [5, 5.41) is 9.32. The predicted octanol–water partition coefficient (Wildman–Crippen LogP) is 4.01. The van der Waals surface area contributed by atoms with Gasteiger partial charge in [-0.05, 0) is 32.1 Å². The third-order valence-corrected chi connectivity index (χ3v) is 3.20. The highest BCUT2D eigenvalue weighted by molar-refractivity contribution is 5.74. The van der Waals surface area contributed by atoms with Crippen LogP contribution in [0.1, 0.15) is 58.8 Å². The number of hydrogen-bond donors (Lipinski definition) is 1. The van der Waals surface area contributed by atoms with Crippen LogP contribution in [-0.2, 0) is 4.79 Å². The Kier molecular flexibility index (Phi) is 7.10. The Bertz CT molecular complexity index is 199. The molecule has 0 aliphatic heterocycles. The highest BCUT2D eigenvalue weighted by atomic mass is 16.4. The Labute approximate surface area is 93.4 Å². The van der Waals surface area contributed by atoms with Gasteiger partial charge in [0.05, 0.1) is 5.41 Å². The van der Waals surface area contributed by atoms with Crippen molar-refractivity contribution in [2.75, 3.05) is 0 Å². The van der Waals surface area contributed by atoms with Crippen LogP contribution in [0.5, 0.6) is 0 Å². The first-order valence-electron chi connectivity index (χ1n) is 5.97. The molecule has 0 spiro atoms. The number of carboxylic acid groups (broad SMARTS) is 1. The lowest BCUT2D eigenvalue weighted by Gasteiger charge is -2.28. The maximum atomic E-state index is 11.3. The molecule has 0 aromatic carbocycles. The molecule has 2 heteroatoms. The molecule has 0 saturated carbocycles. The van der Waals surface area contributed by atoms with Crippen molar-refractivity contribution < 1.29 is 9.90 Å². The Hall–Kier alpha value is -0.790. The van der Waals surface area contributed by atoms with E-state index in [0.29, 0.717) is 0 Å². The second-order valence-corrected chi connectivity index (χ2v) is 4.22. The molecular formula is C13H24O2. The zero-order chi connectivity index (χ0) is 11.7. The summed E-state index contributed by atoms with van der Waals surface area (Å²) in [6.07, 6.45) is 8.12. The Balaban J connectivity index is 4.35. The molecule has 2 nitrogen and oxygen atoms in total. The highest BCUT2D eigenvalue weighted by Crippen LogP contribution is 2.35. The van der Waals surface area contributed by atoms with Crippen LogP contribution in [0.3, 0.4) is 0 Å². The van der Waals surface area contributed by atoms with E-state index in [9.17, 15) is 9.90 Å². The van der Waals surface area contributed by atoms with Gasteiger partial charge >= 0.3 is 5.97 Å². The van der Waals surface area contributed by atoms with Crippen molar-refractivity contribution in [3.05, 3.63) is 12.7 Å². The fourth-order valence-electron chi connectivity index (χ4n) is 1.94. The molecule has 0 radical (unpaired) electrons. The number of carboxylic acids is 1. The first-order valence-corrected chi connectivity index (χ1v) is 5.97. The molecule has 0 amide bonds. The molecule has 1 atom stereocenters. The van der Waals surface area contributed by atoms with Crippen LogP contribution in [0.2, 0.25) is 0 Å². The third kappa shape index (κ3) is 4.50. The van der Waals surface area contributed by atoms with E-state index in [4.69, 9.17) is 0 Å². The molecule has 1 unspecified atom stereocenters. The molecule has 1 N–H and O–H groups in total. The fourth-order valence-corrected chi connectivity index (χ4v) is 1.94. The molecule has 0 fully saturated rings. The predicted molar refractivity (Wildman–Crippen MR) is 63.9 cm³/mol. The number of rotatable bonds is 9. The lowest BCUT2D eigenvalue weighted by molar-refractivity contribution is -0.150. The van der Waals surface area contributed by atoms with Gasteiger partial charge in [0.15, 0.2) is 0 Å². The van der Waals surface area contributed by atoms with Gasteiger partial charge in [-0.15, -0.1) is 6.58 Å². The summed E-state index contributed by atoms with van der Waals surface area (Å²) in [5.74, 6) is -0.623. The average molecular weight is 212 g/mol. The van der Waals surface area contributed by atoms with Crippen molar-refractivity contribution in [1.82, 2.24) is 0 Å². The summed E-state index contributed by atoms with van der Waals surface area (Å²) in [6, 6.07) is 0. The lowest BCUT2D eigenvalue weighted by Crippen LogP contribution is -2.30. The maximum Gasteiger partial charge on any atom is 0.309 e. The van der Waals surface area contributed by atoms with Crippen LogP contribution < -0.4 is 0 Å². The van der Waals surface area contributed by atoms with Gasteiger partial charge in [0.1, 0.15) is 0 Å². The summed E-state index contributed by atoms with van der Waals surface area (Å²) in [7, 11) is 0. The fraction of sp³-hybridized carbons (Fsp3) is 0.769. The van der Waals surface area contributed by atoms with Crippen molar-refractivity contribution in [2.24, 2.45) is 5.41 Å². The van der Waals surface area contributed by atoms with Crippen molar-refractivity contribution in [3.63, 3.8) is 0 Å². The monoisotopic (exact) mass is 212 g/mol. The topological polar surface area (TPSA) is 37.3 Å². The molecule has 0 aliphatic carbocycles. The van der Waals surface area contributed by atoms with E-state index in [1.165, 1.54) is 0 Å². The molecule has 88 valence electrons. The molecule has 15 heavy (non-hydrogen) atoms. The van der Waals surface area contributed by atoms with Crippen molar-refractivity contribution >= 4 is 5.97 Å². The quantitative estimate of drug-likeness (QED) is 0.463. The molecular weight excluding hydrogens is 188 g/mol. The first-order chi connectivity index (χ1) is 7.13. The number of allylic oxidation sites excluding steroid dienone is 1. The van der Waals surface area contributed by atoms with Gasteiger partial charge in [0, 0.05) is 0 Å². The summed E-state index contributed by atoms with van der Waals surface area (Å²) < 4.78 is 0. The van der Waals surface area contributed by atoms with E-state index in [2.05, 4.69) is 13.5 Å². The maximum absolute atomic E-state index is 11.3. The minimum atomic E-state index is -0.623. The summed E-state index contributed by atoms with van der Waals surface area (Å²) >= 11 is 0. The number of aliphatic carboxylic acids is 1. The SMILES string of the molecule is C=CCCCC(CC)(CCCC)C(=O)O. The molecule has 0 aromatic rings. The van der Waals surface area contributed by atoms with Crippen molar-refractivity contribution in [2.45, 2.75) is 58.8 Å². The number of unbranched alkanes of at least 4 members (excludes halogenated alkanes) is 2. The van der Waals surface area contributed by atoms with Crippen LogP contribution >= 0.6 is 0 Å². The average Bonchev–Trinajstić information content (AvgIpc) is 2.23. The van der Waals surface area contributed by atoms with E-state index in [1.807, 2.05) is 13.0 Å². The van der Waals surface area contributed by atoms with Crippen LogP contribution in [-0.4, -0.2) is 11.1 Å². The Morgan fingerprint density at radius 1 is 1.33 bits per heavy atom. The van der Waals surface area contributed by atoms with Crippen LogP contribution in [0, 0.1) is 5.41 Å². The second kappa shape index (κ2) is 7.49. The normalized spacial score (nSPS) is 14.5. The molecule has 0 rings (SSSR count). The highest BCUT2D eigenvalue weighted by Gasteiger charge is 2.34. The van der Waals surface area contributed by atoms with Gasteiger partial charge in [0.25, 0.3) is 0 Å². The largest absolute Gasteiger partial charge is 0.481 e. The molecule has 0 bridgehead atoms. The minimum Gasteiger partial charge on any atom is -0.481 e. The zero-order valence-electron chi connectivity index (χ0n) is 10.1. The number of carbonyl (C=O) groups is 1. The first kappa shape index (κ1) is 14.2. The van der Waals surface area contributed by atoms with Crippen LogP contribution in [0.4, 0.5) is 0 Å². The third-order valence-electron chi connectivity index (χ3n) is 3.20. The van der Waals surface area contributed by atoms with E-state index >= 15 is 0 Å². The smallest absolute Gasteiger partial charge is 0.309 e. The van der Waals surface area contributed by atoms with Gasteiger partial charge in [-0.1, -0.05) is 32.8 Å². The molecule has 0 heterocycles. The van der Waals surface area contributed by atoms with Crippen LogP contribution in [0.15, 0.2) is 12.7 Å². The molecule has 0 aliphatic rings. The van der Waals surface area contributed by atoms with E-state index in [0.717, 1.165) is 44.9 Å². The van der Waals surface area contributed by atoms with Crippen molar-refractivity contribution in [3.8, 4) is 0 Å². The Morgan fingerprint density at radius 2 is 1.93 bits per heavy atom. The van der Waals surface area contributed by atoms with Gasteiger partial charge in [-0.25, -0.2) is 0 Å². The summed E-state index contributed by atoms with van der Waals surface area (Å²) in [5.41, 5.74) is -0.487.